The van der Waals surface area contributed by atoms with E-state index >= 15 is 0 Å². The lowest BCUT2D eigenvalue weighted by atomic mass is 10.1. The largest absolute Gasteiger partial charge is 0.340 e. The standard InChI is InChI=1S/C22H30N4O2/c1-18(2)22-23-10-11-26(22)17-14-24-12-15-25(16-13-24)21(28)9-8-20(27)19-6-4-3-5-7-19/h3-7,10-11,18H,8-9,12-17H2,1-2H3. The molecule has 0 unspecified atom stereocenters. The molecule has 0 atom stereocenters. The van der Waals surface area contributed by atoms with Crippen LogP contribution in [0.1, 0.15) is 48.8 Å². The van der Waals surface area contributed by atoms with Gasteiger partial charge in [0.05, 0.1) is 0 Å². The molecule has 0 N–H and O–H groups in total. The number of rotatable bonds is 8. The first-order chi connectivity index (χ1) is 13.5. The topological polar surface area (TPSA) is 58.4 Å². The molecule has 150 valence electrons. The second-order valence-electron chi connectivity index (χ2n) is 7.65. The number of amides is 1. The number of imidazole rings is 1. The molecule has 2 heterocycles. The highest BCUT2D eigenvalue weighted by atomic mass is 16.2. The zero-order valence-electron chi connectivity index (χ0n) is 16.9. The Labute approximate surface area is 167 Å². The molecule has 6 heteroatoms. The van der Waals surface area contributed by atoms with E-state index in [9.17, 15) is 9.59 Å². The minimum atomic E-state index is 0.0360. The van der Waals surface area contributed by atoms with Gasteiger partial charge in [-0.05, 0) is 0 Å². The van der Waals surface area contributed by atoms with Gasteiger partial charge in [0.15, 0.2) is 5.78 Å². The smallest absolute Gasteiger partial charge is 0.223 e. The number of ketones is 1. The molecule has 6 nitrogen and oxygen atoms in total. The summed E-state index contributed by atoms with van der Waals surface area (Å²) in [7, 11) is 0. The van der Waals surface area contributed by atoms with Crippen LogP contribution in [0.5, 0.6) is 0 Å². The molecule has 2 aromatic rings. The van der Waals surface area contributed by atoms with Gasteiger partial charge in [0.1, 0.15) is 5.82 Å². The van der Waals surface area contributed by atoms with Crippen molar-refractivity contribution >= 4 is 11.7 Å². The summed E-state index contributed by atoms with van der Waals surface area (Å²) in [5.41, 5.74) is 0.681. The zero-order valence-corrected chi connectivity index (χ0v) is 16.9. The van der Waals surface area contributed by atoms with Crippen molar-refractivity contribution in [2.45, 2.75) is 39.2 Å². The minimum absolute atomic E-state index is 0.0360. The second kappa shape index (κ2) is 9.64. The van der Waals surface area contributed by atoms with E-state index in [1.54, 1.807) is 12.1 Å². The molecule has 1 fully saturated rings. The number of hydrogen-bond acceptors (Lipinski definition) is 4. The number of Topliss-reactive ketones (excluding diaryl/α,β-unsaturated/α-hetero) is 1. The third-order valence-corrected chi connectivity index (χ3v) is 5.31. The number of carbonyl (C=O) groups excluding carboxylic acids is 2. The Hall–Kier alpha value is -2.47. The molecular weight excluding hydrogens is 352 g/mol. The molecule has 1 aromatic carbocycles. The summed E-state index contributed by atoms with van der Waals surface area (Å²) in [6, 6.07) is 9.19. The maximum absolute atomic E-state index is 12.4. The van der Waals surface area contributed by atoms with Crippen LogP contribution in [0.2, 0.25) is 0 Å². The first kappa shape index (κ1) is 20.3. The SMILES string of the molecule is CC(C)c1nccn1CCN1CCN(C(=O)CCC(=O)c2ccccc2)CC1. The zero-order chi connectivity index (χ0) is 19.9. The minimum Gasteiger partial charge on any atom is -0.340 e. The molecule has 1 aliphatic rings. The first-order valence-electron chi connectivity index (χ1n) is 10.1. The Morgan fingerprint density at radius 2 is 1.71 bits per heavy atom. The molecule has 0 spiro atoms. The summed E-state index contributed by atoms with van der Waals surface area (Å²) in [6.45, 7) is 9.43. The number of carbonyl (C=O) groups is 2. The van der Waals surface area contributed by atoms with Crippen LogP contribution in [0.25, 0.3) is 0 Å². The van der Waals surface area contributed by atoms with Crippen LogP contribution in [0, 0.1) is 0 Å². The Kier molecular flexibility index (Phi) is 6.98. The van der Waals surface area contributed by atoms with Crippen molar-refractivity contribution in [2.24, 2.45) is 0 Å². The highest BCUT2D eigenvalue weighted by Gasteiger charge is 2.21. The van der Waals surface area contributed by atoms with Gasteiger partial charge in [-0.15, -0.1) is 0 Å². The van der Waals surface area contributed by atoms with Crippen LogP contribution in [0.15, 0.2) is 42.7 Å². The molecule has 0 bridgehead atoms. The number of aromatic nitrogens is 2. The van der Waals surface area contributed by atoms with E-state index in [2.05, 4.69) is 28.3 Å². The van der Waals surface area contributed by atoms with Gasteiger partial charge in [-0.25, -0.2) is 4.98 Å². The normalized spacial score (nSPS) is 15.2. The molecule has 0 radical (unpaired) electrons. The monoisotopic (exact) mass is 382 g/mol. The van der Waals surface area contributed by atoms with Crippen molar-refractivity contribution in [2.75, 3.05) is 32.7 Å². The maximum atomic E-state index is 12.4. The van der Waals surface area contributed by atoms with Crippen molar-refractivity contribution in [1.82, 2.24) is 19.4 Å². The van der Waals surface area contributed by atoms with E-state index in [0.29, 0.717) is 17.9 Å². The fraction of sp³-hybridized carbons (Fsp3) is 0.500. The van der Waals surface area contributed by atoms with Crippen molar-refractivity contribution < 1.29 is 9.59 Å². The van der Waals surface area contributed by atoms with Crippen molar-refractivity contribution in [3.63, 3.8) is 0 Å². The predicted molar refractivity (Wildman–Crippen MR) is 109 cm³/mol. The lowest BCUT2D eigenvalue weighted by molar-refractivity contribution is -0.132. The highest BCUT2D eigenvalue weighted by molar-refractivity contribution is 5.97. The fourth-order valence-electron chi connectivity index (χ4n) is 3.63. The fourth-order valence-corrected chi connectivity index (χ4v) is 3.63. The quantitative estimate of drug-likeness (QED) is 0.659. The van der Waals surface area contributed by atoms with Gasteiger partial charge in [0, 0.05) is 76.0 Å². The van der Waals surface area contributed by atoms with Gasteiger partial charge in [-0.3, -0.25) is 14.5 Å². The Morgan fingerprint density at radius 1 is 1.00 bits per heavy atom. The lowest BCUT2D eigenvalue weighted by Crippen LogP contribution is -2.49. The van der Waals surface area contributed by atoms with Crippen LogP contribution in [0.3, 0.4) is 0 Å². The molecule has 3 rings (SSSR count). The maximum Gasteiger partial charge on any atom is 0.223 e. The Bertz CT molecular complexity index is 777. The number of piperazine rings is 1. The van der Waals surface area contributed by atoms with Crippen LogP contribution in [-0.2, 0) is 11.3 Å². The molecule has 1 saturated heterocycles. The summed E-state index contributed by atoms with van der Waals surface area (Å²) < 4.78 is 2.22. The van der Waals surface area contributed by atoms with Crippen LogP contribution < -0.4 is 0 Å². The van der Waals surface area contributed by atoms with E-state index in [0.717, 1.165) is 45.1 Å². The molecule has 28 heavy (non-hydrogen) atoms. The highest BCUT2D eigenvalue weighted by Crippen LogP contribution is 2.13. The summed E-state index contributed by atoms with van der Waals surface area (Å²) in [6.07, 6.45) is 4.48. The summed E-state index contributed by atoms with van der Waals surface area (Å²) in [5.74, 6) is 1.66. The van der Waals surface area contributed by atoms with Gasteiger partial charge in [0.25, 0.3) is 0 Å². The van der Waals surface area contributed by atoms with Crippen molar-refractivity contribution in [3.8, 4) is 0 Å². The summed E-state index contributed by atoms with van der Waals surface area (Å²) >= 11 is 0. The van der Waals surface area contributed by atoms with Crippen LogP contribution in [-0.4, -0.2) is 63.8 Å². The number of benzene rings is 1. The summed E-state index contributed by atoms with van der Waals surface area (Å²) in [5, 5.41) is 0. The molecule has 0 aliphatic carbocycles. The lowest BCUT2D eigenvalue weighted by Gasteiger charge is -2.35. The van der Waals surface area contributed by atoms with E-state index in [-0.39, 0.29) is 18.1 Å². The van der Waals surface area contributed by atoms with E-state index in [1.165, 1.54) is 0 Å². The Morgan fingerprint density at radius 3 is 2.39 bits per heavy atom. The molecular formula is C22H30N4O2. The molecule has 0 saturated carbocycles. The number of nitrogens with zero attached hydrogens (tertiary/aromatic N) is 4. The van der Waals surface area contributed by atoms with Gasteiger partial charge in [0.2, 0.25) is 5.91 Å². The van der Waals surface area contributed by atoms with Crippen molar-refractivity contribution in [3.05, 3.63) is 54.1 Å². The second-order valence-corrected chi connectivity index (χ2v) is 7.65. The molecule has 1 aromatic heterocycles. The van der Waals surface area contributed by atoms with E-state index < -0.39 is 0 Å². The predicted octanol–water partition coefficient (Wildman–Crippen LogP) is 2.81. The third-order valence-electron chi connectivity index (χ3n) is 5.31. The van der Waals surface area contributed by atoms with Gasteiger partial charge in [-0.2, -0.15) is 0 Å². The Balaban J connectivity index is 1.39. The third kappa shape index (κ3) is 5.29. The van der Waals surface area contributed by atoms with Crippen LogP contribution in [0.4, 0.5) is 0 Å². The van der Waals surface area contributed by atoms with Crippen LogP contribution >= 0.6 is 0 Å². The van der Waals surface area contributed by atoms with Gasteiger partial charge < -0.3 is 9.47 Å². The summed E-state index contributed by atoms with van der Waals surface area (Å²) in [4.78, 5) is 33.3. The van der Waals surface area contributed by atoms with E-state index in [1.807, 2.05) is 35.5 Å². The molecule has 1 aliphatic heterocycles. The van der Waals surface area contributed by atoms with E-state index in [4.69, 9.17) is 0 Å². The molecule has 1 amide bonds. The first-order valence-corrected chi connectivity index (χ1v) is 10.1. The number of hydrogen-bond donors (Lipinski definition) is 0. The average Bonchev–Trinajstić information content (AvgIpc) is 3.20. The van der Waals surface area contributed by atoms with Crippen molar-refractivity contribution in [1.29, 1.82) is 0 Å². The average molecular weight is 383 g/mol. The van der Waals surface area contributed by atoms with Gasteiger partial charge >= 0.3 is 0 Å². The van der Waals surface area contributed by atoms with Gasteiger partial charge in [-0.1, -0.05) is 44.2 Å².